The molecule has 0 saturated carbocycles. The van der Waals surface area contributed by atoms with Crippen molar-refractivity contribution in [2.24, 2.45) is 5.92 Å². The van der Waals surface area contributed by atoms with Gasteiger partial charge in [0, 0.05) is 0 Å². The molecule has 158 valence electrons. The van der Waals surface area contributed by atoms with Crippen LogP contribution in [0.15, 0.2) is 0 Å². The molecule has 6 heteroatoms. The third-order valence-corrected chi connectivity index (χ3v) is 5.06. The van der Waals surface area contributed by atoms with E-state index in [0.717, 1.165) is 5.92 Å². The Morgan fingerprint density at radius 3 is 1.32 bits per heavy atom. The van der Waals surface area contributed by atoms with E-state index in [1.807, 2.05) is 0 Å². The van der Waals surface area contributed by atoms with Crippen molar-refractivity contribution in [3.8, 4) is 0 Å². The molecular weight excluding hydrogens is 358 g/mol. The number of carbonyl (C=O) groups is 2. The summed E-state index contributed by atoms with van der Waals surface area (Å²) in [5.41, 5.74) is 0. The van der Waals surface area contributed by atoms with Crippen LogP contribution in [0.5, 0.6) is 0 Å². The van der Waals surface area contributed by atoms with E-state index in [-0.39, 0.29) is 29.6 Å². The minimum absolute atomic E-state index is 0. The third kappa shape index (κ3) is 31.2. The number of unbranched alkanes of at least 4 members (excludes halogenated alkanes) is 11. The average Bonchev–Trinajstić information content (AvgIpc) is 2.61. The van der Waals surface area contributed by atoms with Crippen LogP contribution in [0, 0.1) is 5.92 Å². The van der Waals surface area contributed by atoms with Crippen molar-refractivity contribution in [1.82, 2.24) is 0 Å². The molecule has 0 aromatic rings. The van der Waals surface area contributed by atoms with Gasteiger partial charge in [0.25, 0.3) is 0 Å². The Bertz CT molecular complexity index is 328. The maximum absolute atomic E-state index is 9.43. The predicted molar refractivity (Wildman–Crippen MR) is 122 cm³/mol. The average molecular weight is 403 g/mol. The van der Waals surface area contributed by atoms with E-state index in [2.05, 4.69) is 31.6 Å². The second-order valence-electron chi connectivity index (χ2n) is 7.70. The second-order valence-corrected chi connectivity index (χ2v) is 7.70. The molecule has 0 fully saturated rings. The van der Waals surface area contributed by atoms with Crippen LogP contribution >= 0.6 is 0 Å². The van der Waals surface area contributed by atoms with Gasteiger partial charge in [0.05, 0.1) is 0 Å². The third-order valence-electron chi connectivity index (χ3n) is 5.06. The minimum atomic E-state index is -1.31. The van der Waals surface area contributed by atoms with Gasteiger partial charge in [0.2, 0.25) is 0 Å². The van der Waals surface area contributed by atoms with Crippen LogP contribution in [-0.2, 0) is 9.59 Å². The molecule has 28 heavy (non-hydrogen) atoms. The molecule has 0 aromatic heterocycles. The molecule has 0 bridgehead atoms. The Balaban J connectivity index is -0.000000665. The summed E-state index contributed by atoms with van der Waals surface area (Å²) in [6.45, 7) is 4.61. The van der Waals surface area contributed by atoms with Crippen LogP contribution in [-0.4, -0.2) is 69.4 Å². The van der Waals surface area contributed by atoms with Crippen molar-refractivity contribution < 1.29 is 19.8 Å². The van der Waals surface area contributed by atoms with Crippen molar-refractivity contribution >= 4 is 59.2 Å². The molecule has 2 N–H and O–H groups in total. The predicted octanol–water partition coefficient (Wildman–Crippen LogP) is 5.98. The summed E-state index contributed by atoms with van der Waals surface area (Å²) in [6.07, 6.45) is 21.1. The zero-order valence-corrected chi connectivity index (χ0v) is 18.3. The molecule has 0 radical (unpaired) electrons. The number of aliphatic carboxylic acids is 2. The summed E-state index contributed by atoms with van der Waals surface area (Å²) in [5, 5.41) is 16.8. The summed E-state index contributed by atoms with van der Waals surface area (Å²) in [6, 6.07) is 0. The zero-order chi connectivity index (χ0) is 20.8. The summed E-state index contributed by atoms with van der Waals surface area (Å²) < 4.78 is 0. The molecule has 0 aliphatic heterocycles. The number of carboxylic acids is 2. The van der Waals surface area contributed by atoms with Crippen molar-refractivity contribution in [3.63, 3.8) is 0 Å². The normalized spacial score (nSPS) is 11.1. The molecule has 0 rings (SSSR count). The van der Waals surface area contributed by atoms with Gasteiger partial charge in [0.15, 0.2) is 0 Å². The Morgan fingerprint density at radius 2 is 1.00 bits per heavy atom. The van der Waals surface area contributed by atoms with E-state index in [1.165, 1.54) is 101 Å². The molecule has 0 aliphatic rings. The number of carboxylic acid groups (broad SMARTS) is 2. The van der Waals surface area contributed by atoms with E-state index in [9.17, 15) is 9.59 Å². The SMILES string of the molecule is O=C(O)CC(=O)O.[Li][CH2]C(CCCCC)CCCCCCCCCCCC.[NaH]. The fourth-order valence-electron chi connectivity index (χ4n) is 3.29. The Hall–Kier alpha value is 0.537. The Morgan fingerprint density at radius 1 is 0.679 bits per heavy atom. The number of hydrogen-bond acceptors (Lipinski definition) is 2. The van der Waals surface area contributed by atoms with Gasteiger partial charge in [-0.05, 0) is 0 Å². The molecular formula is C22H44LiNaO4. The van der Waals surface area contributed by atoms with Gasteiger partial charge in [-0.3, -0.25) is 9.59 Å². The first kappa shape index (κ1) is 33.2. The van der Waals surface area contributed by atoms with Gasteiger partial charge in [-0.15, -0.1) is 0 Å². The van der Waals surface area contributed by atoms with E-state index >= 15 is 0 Å². The van der Waals surface area contributed by atoms with Crippen molar-refractivity contribution in [2.45, 2.75) is 122 Å². The van der Waals surface area contributed by atoms with Crippen LogP contribution < -0.4 is 0 Å². The van der Waals surface area contributed by atoms with Crippen LogP contribution in [0.25, 0.3) is 0 Å². The van der Waals surface area contributed by atoms with Gasteiger partial charge in [-0.2, -0.15) is 0 Å². The first-order chi connectivity index (χ1) is 13.0. The van der Waals surface area contributed by atoms with Crippen LogP contribution in [0.1, 0.15) is 117 Å². The Labute approximate surface area is 205 Å². The molecule has 0 spiro atoms. The van der Waals surface area contributed by atoms with Crippen molar-refractivity contribution in [3.05, 3.63) is 0 Å². The quantitative estimate of drug-likeness (QED) is 0.168. The molecule has 1 unspecified atom stereocenters. The van der Waals surface area contributed by atoms with Crippen LogP contribution in [0.4, 0.5) is 0 Å². The van der Waals surface area contributed by atoms with E-state index in [0.29, 0.717) is 0 Å². The fraction of sp³-hybridized carbons (Fsp3) is 0.909. The molecule has 0 saturated heterocycles. The first-order valence-corrected chi connectivity index (χ1v) is 11.4. The number of hydrogen-bond donors (Lipinski definition) is 2. The monoisotopic (exact) mass is 402 g/mol. The number of rotatable bonds is 18. The fourth-order valence-corrected chi connectivity index (χ4v) is 3.29. The summed E-state index contributed by atoms with van der Waals surface area (Å²) >= 11 is 2.38. The molecule has 1 atom stereocenters. The molecule has 0 amide bonds. The van der Waals surface area contributed by atoms with E-state index < -0.39 is 18.4 Å². The van der Waals surface area contributed by atoms with E-state index in [1.54, 1.807) is 0 Å². The topological polar surface area (TPSA) is 74.6 Å². The second kappa shape index (κ2) is 27.5. The van der Waals surface area contributed by atoms with Crippen LogP contribution in [0.3, 0.4) is 0 Å². The first-order valence-electron chi connectivity index (χ1n) is 11.4. The van der Waals surface area contributed by atoms with Gasteiger partial charge < -0.3 is 10.2 Å². The van der Waals surface area contributed by atoms with Gasteiger partial charge in [-0.1, -0.05) is 13.3 Å². The Kier molecular flexibility index (Phi) is 32.6. The molecule has 4 nitrogen and oxygen atoms in total. The van der Waals surface area contributed by atoms with E-state index in [4.69, 9.17) is 10.2 Å². The van der Waals surface area contributed by atoms with Crippen molar-refractivity contribution in [1.29, 1.82) is 0 Å². The zero-order valence-electron chi connectivity index (χ0n) is 18.3. The standard InChI is InChI=1S/C19H39.C3H4O4.Li.Na.H/c1-4-6-8-9-10-11-12-13-14-16-18-19(3)17-15-7-5-2;4-2(5)1-3(6)7;;;/h19H,3-18H2,1-2H3;1H2,(H,4,5)(H,6,7);;;. The van der Waals surface area contributed by atoms with Gasteiger partial charge in [0.1, 0.15) is 6.42 Å². The van der Waals surface area contributed by atoms with Crippen LogP contribution in [0.2, 0.25) is 5.09 Å². The summed E-state index contributed by atoms with van der Waals surface area (Å²) in [4.78, 5) is 18.9. The van der Waals surface area contributed by atoms with Crippen molar-refractivity contribution in [2.75, 3.05) is 0 Å². The maximum atomic E-state index is 9.43. The molecule has 0 heterocycles. The summed E-state index contributed by atoms with van der Waals surface area (Å²) in [7, 11) is 0. The molecule has 0 aromatic carbocycles. The van der Waals surface area contributed by atoms with Gasteiger partial charge >= 0.3 is 167 Å². The molecule has 0 aliphatic carbocycles. The van der Waals surface area contributed by atoms with Gasteiger partial charge in [-0.25, -0.2) is 0 Å². The summed E-state index contributed by atoms with van der Waals surface area (Å²) in [5.74, 6) is -1.60.